The average molecular weight is 301 g/mol. The molecule has 0 saturated heterocycles. The molecular weight excluding hydrogens is 282 g/mol. The van der Waals surface area contributed by atoms with E-state index in [2.05, 4.69) is 22.4 Å². The topological polar surface area (TPSA) is 29.5 Å². The molecule has 0 spiro atoms. The molecule has 0 aliphatic heterocycles. The number of ketones is 1. The molecule has 0 bridgehead atoms. The van der Waals surface area contributed by atoms with Crippen molar-refractivity contribution >= 4 is 22.8 Å². The van der Waals surface area contributed by atoms with Crippen molar-refractivity contribution in [2.45, 2.75) is 32.4 Å². The highest BCUT2D eigenvalue weighted by Gasteiger charge is 2.32. The number of nitrogens with zero attached hydrogens (tertiary/aromatic N) is 1. The molecule has 1 heterocycles. The van der Waals surface area contributed by atoms with E-state index in [9.17, 15) is 4.79 Å². The van der Waals surface area contributed by atoms with Crippen LogP contribution in [0.5, 0.6) is 5.75 Å². The third-order valence-electron chi connectivity index (χ3n) is 3.78. The number of methoxy groups -OCH3 is 1. The number of carbonyl (C=O) groups is 1. The number of thiophene rings is 1. The summed E-state index contributed by atoms with van der Waals surface area (Å²) >= 11 is 1.76. The molecule has 0 N–H and O–H groups in total. The van der Waals surface area contributed by atoms with Crippen LogP contribution in [0.3, 0.4) is 0 Å². The number of carbonyl (C=O) groups excluding carboxylic acids is 1. The molecule has 110 valence electrons. The van der Waals surface area contributed by atoms with Crippen molar-refractivity contribution in [3.8, 4) is 5.75 Å². The lowest BCUT2D eigenvalue weighted by Gasteiger charge is -2.27. The highest BCUT2D eigenvalue weighted by atomic mass is 32.1. The molecule has 0 radical (unpaired) electrons. The van der Waals surface area contributed by atoms with Gasteiger partial charge in [-0.2, -0.15) is 0 Å². The molecule has 1 aliphatic carbocycles. The van der Waals surface area contributed by atoms with Crippen molar-refractivity contribution in [1.82, 2.24) is 0 Å². The third-order valence-corrected chi connectivity index (χ3v) is 4.64. The summed E-state index contributed by atoms with van der Waals surface area (Å²) in [5, 5.41) is 2.10. The van der Waals surface area contributed by atoms with Gasteiger partial charge in [0, 0.05) is 10.9 Å². The van der Waals surface area contributed by atoms with E-state index in [-0.39, 0.29) is 5.78 Å². The van der Waals surface area contributed by atoms with Crippen LogP contribution in [0.1, 0.15) is 35.0 Å². The summed E-state index contributed by atoms with van der Waals surface area (Å²) in [6.45, 7) is 2.47. The van der Waals surface area contributed by atoms with Crippen molar-refractivity contribution in [1.29, 1.82) is 0 Å². The molecule has 1 aromatic carbocycles. The Labute approximate surface area is 129 Å². The fourth-order valence-electron chi connectivity index (χ4n) is 2.65. The fourth-order valence-corrected chi connectivity index (χ4v) is 3.35. The number of benzene rings is 1. The molecule has 0 atom stereocenters. The van der Waals surface area contributed by atoms with E-state index in [0.717, 1.165) is 12.2 Å². The molecular formula is C17H19NO2S. The van der Waals surface area contributed by atoms with Gasteiger partial charge in [0.15, 0.2) is 5.78 Å². The summed E-state index contributed by atoms with van der Waals surface area (Å²) in [7, 11) is 1.62. The standard InChI is InChI=1S/C17H19NO2S/c1-12(19)17-15(6-3-7-16(17)20-2)18(13-8-9-13)11-14-5-4-10-21-14/h3-7,10,13H,8-9,11H2,1-2H3. The second kappa shape index (κ2) is 5.90. The van der Waals surface area contributed by atoms with Crippen LogP contribution in [-0.2, 0) is 6.54 Å². The van der Waals surface area contributed by atoms with Gasteiger partial charge < -0.3 is 9.64 Å². The van der Waals surface area contributed by atoms with Gasteiger partial charge in [0.2, 0.25) is 0 Å². The first-order valence-corrected chi connectivity index (χ1v) is 8.05. The van der Waals surface area contributed by atoms with Crippen molar-refractivity contribution in [2.75, 3.05) is 12.0 Å². The Balaban J connectivity index is 2.01. The highest BCUT2D eigenvalue weighted by Crippen LogP contribution is 2.38. The van der Waals surface area contributed by atoms with Gasteiger partial charge >= 0.3 is 0 Å². The second-order valence-corrected chi connectivity index (χ2v) is 6.38. The minimum absolute atomic E-state index is 0.0549. The zero-order valence-corrected chi connectivity index (χ0v) is 13.2. The zero-order valence-electron chi connectivity index (χ0n) is 12.3. The number of hydrogen-bond donors (Lipinski definition) is 0. The maximum atomic E-state index is 12.1. The van der Waals surface area contributed by atoms with Crippen molar-refractivity contribution in [3.05, 3.63) is 46.2 Å². The SMILES string of the molecule is COc1cccc(N(Cc2cccs2)C2CC2)c1C(C)=O. The van der Waals surface area contributed by atoms with Crippen molar-refractivity contribution in [2.24, 2.45) is 0 Å². The summed E-state index contributed by atoms with van der Waals surface area (Å²) in [5.74, 6) is 0.719. The average Bonchev–Trinajstić information content (AvgIpc) is 3.20. The van der Waals surface area contributed by atoms with Gasteiger partial charge in [0.1, 0.15) is 5.75 Å². The Morgan fingerprint density at radius 1 is 1.33 bits per heavy atom. The van der Waals surface area contributed by atoms with Crippen LogP contribution in [0.15, 0.2) is 35.7 Å². The van der Waals surface area contributed by atoms with Crippen LogP contribution in [0, 0.1) is 0 Å². The monoisotopic (exact) mass is 301 g/mol. The largest absolute Gasteiger partial charge is 0.496 e. The van der Waals surface area contributed by atoms with E-state index in [0.29, 0.717) is 17.4 Å². The highest BCUT2D eigenvalue weighted by molar-refractivity contribution is 7.09. The Kier molecular flexibility index (Phi) is 3.97. The minimum Gasteiger partial charge on any atom is -0.496 e. The van der Waals surface area contributed by atoms with Crippen LogP contribution in [0.2, 0.25) is 0 Å². The predicted octanol–water partition coefficient (Wildman–Crippen LogP) is 4.13. The normalized spacial score (nSPS) is 14.0. The zero-order chi connectivity index (χ0) is 14.8. The van der Waals surface area contributed by atoms with Crippen LogP contribution in [-0.4, -0.2) is 18.9 Å². The molecule has 0 amide bonds. The number of hydrogen-bond acceptors (Lipinski definition) is 4. The fraction of sp³-hybridized carbons (Fsp3) is 0.353. The lowest BCUT2D eigenvalue weighted by atomic mass is 10.1. The van der Waals surface area contributed by atoms with Crippen LogP contribution in [0.25, 0.3) is 0 Å². The van der Waals surface area contributed by atoms with Crippen molar-refractivity contribution < 1.29 is 9.53 Å². The molecule has 1 aromatic heterocycles. The summed E-state index contributed by atoms with van der Waals surface area (Å²) in [6, 6.07) is 10.6. The predicted molar refractivity (Wildman–Crippen MR) is 86.5 cm³/mol. The van der Waals surface area contributed by atoms with Crippen LogP contribution >= 0.6 is 11.3 Å². The van der Waals surface area contributed by atoms with E-state index < -0.39 is 0 Å². The minimum atomic E-state index is 0.0549. The van der Waals surface area contributed by atoms with E-state index in [1.54, 1.807) is 25.4 Å². The lowest BCUT2D eigenvalue weighted by Crippen LogP contribution is -2.26. The van der Waals surface area contributed by atoms with Gasteiger partial charge in [-0.3, -0.25) is 4.79 Å². The van der Waals surface area contributed by atoms with Gasteiger partial charge in [0.25, 0.3) is 0 Å². The molecule has 1 fully saturated rings. The summed E-state index contributed by atoms with van der Waals surface area (Å²) in [5.41, 5.74) is 1.70. The van der Waals surface area contributed by atoms with E-state index in [4.69, 9.17) is 4.74 Å². The second-order valence-electron chi connectivity index (χ2n) is 5.35. The number of rotatable bonds is 6. The van der Waals surface area contributed by atoms with E-state index >= 15 is 0 Å². The smallest absolute Gasteiger partial charge is 0.165 e. The summed E-state index contributed by atoms with van der Waals surface area (Å²) in [4.78, 5) is 15.8. The molecule has 0 unspecified atom stereocenters. The number of Topliss-reactive ketones (excluding diaryl/α,β-unsaturated/α-hetero) is 1. The van der Waals surface area contributed by atoms with Gasteiger partial charge in [-0.25, -0.2) is 0 Å². The Morgan fingerprint density at radius 2 is 2.14 bits per heavy atom. The maximum absolute atomic E-state index is 12.1. The maximum Gasteiger partial charge on any atom is 0.165 e. The van der Waals surface area contributed by atoms with Crippen molar-refractivity contribution in [3.63, 3.8) is 0 Å². The Hall–Kier alpha value is -1.81. The van der Waals surface area contributed by atoms with Gasteiger partial charge in [-0.1, -0.05) is 12.1 Å². The third kappa shape index (κ3) is 2.95. The van der Waals surface area contributed by atoms with Gasteiger partial charge in [-0.05, 0) is 43.3 Å². The Morgan fingerprint density at radius 3 is 2.71 bits per heavy atom. The first kappa shape index (κ1) is 14.1. The molecule has 4 heteroatoms. The molecule has 3 rings (SSSR count). The number of ether oxygens (including phenoxy) is 1. The first-order chi connectivity index (χ1) is 10.2. The van der Waals surface area contributed by atoms with Gasteiger partial charge in [0.05, 0.1) is 24.9 Å². The van der Waals surface area contributed by atoms with Gasteiger partial charge in [-0.15, -0.1) is 11.3 Å². The van der Waals surface area contributed by atoms with E-state index in [1.807, 2.05) is 18.2 Å². The van der Waals surface area contributed by atoms with Crippen LogP contribution in [0.4, 0.5) is 5.69 Å². The van der Waals surface area contributed by atoms with Crippen LogP contribution < -0.4 is 9.64 Å². The quantitative estimate of drug-likeness (QED) is 0.751. The molecule has 21 heavy (non-hydrogen) atoms. The Bertz CT molecular complexity index is 632. The van der Waals surface area contributed by atoms with E-state index in [1.165, 1.54) is 17.7 Å². The molecule has 2 aromatic rings. The number of anilines is 1. The first-order valence-electron chi connectivity index (χ1n) is 7.17. The lowest BCUT2D eigenvalue weighted by molar-refractivity contribution is 0.101. The molecule has 3 nitrogen and oxygen atoms in total. The summed E-state index contributed by atoms with van der Waals surface area (Å²) in [6.07, 6.45) is 2.39. The molecule has 1 aliphatic rings. The molecule has 1 saturated carbocycles. The summed E-state index contributed by atoms with van der Waals surface area (Å²) < 4.78 is 5.39.